The largest absolute Gasteiger partial charge is 0.309 e. The Balaban J connectivity index is 1.56. The van der Waals surface area contributed by atoms with Crippen LogP contribution in [0.2, 0.25) is 0 Å². The summed E-state index contributed by atoms with van der Waals surface area (Å²) in [6.07, 6.45) is 4.52. The van der Waals surface area contributed by atoms with Gasteiger partial charge in [0, 0.05) is 18.1 Å². The van der Waals surface area contributed by atoms with Crippen molar-refractivity contribution in [1.82, 2.24) is 4.98 Å². The molecule has 0 aliphatic carbocycles. The summed E-state index contributed by atoms with van der Waals surface area (Å²) < 4.78 is 0. The van der Waals surface area contributed by atoms with E-state index < -0.39 is 0 Å². The predicted molar refractivity (Wildman–Crippen MR) is 102 cm³/mol. The van der Waals surface area contributed by atoms with Gasteiger partial charge in [0.05, 0.1) is 16.6 Å². The molecule has 25 heavy (non-hydrogen) atoms. The molecule has 0 N–H and O–H groups in total. The number of β-lactam (4-membered cyclic amide) rings is 1. The summed E-state index contributed by atoms with van der Waals surface area (Å²) in [6.45, 7) is 2.91. The summed E-state index contributed by atoms with van der Waals surface area (Å²) in [7, 11) is 0. The summed E-state index contributed by atoms with van der Waals surface area (Å²) in [6, 6.07) is 20.4. The van der Waals surface area contributed by atoms with Gasteiger partial charge in [-0.1, -0.05) is 55.5 Å². The third-order valence-corrected chi connectivity index (χ3v) is 5.47. The molecule has 1 unspecified atom stereocenters. The first kappa shape index (κ1) is 15.8. The Morgan fingerprint density at radius 3 is 2.60 bits per heavy atom. The zero-order chi connectivity index (χ0) is 17.3. The van der Waals surface area contributed by atoms with Gasteiger partial charge in [-0.3, -0.25) is 9.78 Å². The summed E-state index contributed by atoms with van der Waals surface area (Å²) in [5.74, 6) is 0.240. The van der Waals surface area contributed by atoms with Gasteiger partial charge < -0.3 is 4.90 Å². The standard InChI is InChI=1S/C22H22N2O/c1-2-22(14-13-17-8-4-3-5-9-17)16-24(21(22)25)19-12-6-10-18-11-7-15-23-20(18)19/h3-12,15H,2,13-14,16H2,1H3. The normalized spacial score (nSPS) is 19.9. The number of anilines is 1. The SMILES string of the molecule is CCC1(CCc2ccccc2)CN(c2cccc3cccnc23)C1=O. The Bertz CT molecular complexity index is 901. The third kappa shape index (κ3) is 2.70. The van der Waals surface area contributed by atoms with Crippen molar-refractivity contribution in [3.63, 3.8) is 0 Å². The van der Waals surface area contributed by atoms with Gasteiger partial charge in [-0.15, -0.1) is 0 Å². The van der Waals surface area contributed by atoms with E-state index in [0.29, 0.717) is 0 Å². The number of carbonyl (C=O) groups is 1. The zero-order valence-corrected chi connectivity index (χ0v) is 14.5. The van der Waals surface area contributed by atoms with Gasteiger partial charge in [0.2, 0.25) is 5.91 Å². The van der Waals surface area contributed by atoms with Crippen LogP contribution >= 0.6 is 0 Å². The van der Waals surface area contributed by atoms with Gasteiger partial charge in [-0.2, -0.15) is 0 Å². The predicted octanol–water partition coefficient (Wildman–Crippen LogP) is 4.61. The molecule has 0 spiro atoms. The summed E-state index contributed by atoms with van der Waals surface area (Å²) in [5, 5.41) is 1.08. The number of rotatable bonds is 5. The van der Waals surface area contributed by atoms with E-state index in [1.54, 1.807) is 6.20 Å². The monoisotopic (exact) mass is 330 g/mol. The van der Waals surface area contributed by atoms with Crippen molar-refractivity contribution in [2.75, 3.05) is 11.4 Å². The van der Waals surface area contributed by atoms with E-state index in [2.05, 4.69) is 36.2 Å². The quantitative estimate of drug-likeness (QED) is 0.640. The molecule has 0 saturated carbocycles. The second-order valence-electron chi connectivity index (χ2n) is 6.86. The highest BCUT2D eigenvalue weighted by Crippen LogP contribution is 2.43. The molecule has 1 fully saturated rings. The molecule has 1 aromatic heterocycles. The highest BCUT2D eigenvalue weighted by atomic mass is 16.2. The number of nitrogens with zero attached hydrogens (tertiary/aromatic N) is 2. The van der Waals surface area contributed by atoms with Crippen LogP contribution in [-0.2, 0) is 11.2 Å². The van der Waals surface area contributed by atoms with Gasteiger partial charge in [-0.25, -0.2) is 0 Å². The minimum Gasteiger partial charge on any atom is -0.309 e. The number of benzene rings is 2. The first-order valence-electron chi connectivity index (χ1n) is 8.93. The Kier molecular flexibility index (Phi) is 4.00. The Morgan fingerprint density at radius 1 is 1.04 bits per heavy atom. The molecule has 2 aromatic carbocycles. The molecule has 2 heterocycles. The topological polar surface area (TPSA) is 33.2 Å². The number of aromatic nitrogens is 1. The fraction of sp³-hybridized carbons (Fsp3) is 0.273. The van der Waals surface area contributed by atoms with E-state index in [1.807, 2.05) is 41.3 Å². The van der Waals surface area contributed by atoms with Crippen molar-refractivity contribution in [2.45, 2.75) is 26.2 Å². The maximum absolute atomic E-state index is 13.1. The average Bonchev–Trinajstić information content (AvgIpc) is 2.68. The van der Waals surface area contributed by atoms with Crippen LogP contribution in [0.1, 0.15) is 25.3 Å². The lowest BCUT2D eigenvalue weighted by Crippen LogP contribution is -2.61. The van der Waals surface area contributed by atoms with E-state index in [9.17, 15) is 4.79 Å². The molecule has 0 bridgehead atoms. The van der Waals surface area contributed by atoms with Crippen LogP contribution in [0.15, 0.2) is 66.9 Å². The maximum atomic E-state index is 13.1. The molecule has 1 aliphatic heterocycles. The van der Waals surface area contributed by atoms with E-state index in [4.69, 9.17) is 0 Å². The maximum Gasteiger partial charge on any atom is 0.235 e. The number of hydrogen-bond acceptors (Lipinski definition) is 2. The molecule has 3 nitrogen and oxygen atoms in total. The Morgan fingerprint density at radius 2 is 1.84 bits per heavy atom. The fourth-order valence-corrected chi connectivity index (χ4v) is 3.79. The number of carbonyl (C=O) groups excluding carboxylic acids is 1. The van der Waals surface area contributed by atoms with Gasteiger partial charge in [0.25, 0.3) is 0 Å². The summed E-state index contributed by atoms with van der Waals surface area (Å²) >= 11 is 0. The van der Waals surface area contributed by atoms with Crippen molar-refractivity contribution in [3.05, 3.63) is 72.4 Å². The number of aryl methyl sites for hydroxylation is 1. The first-order chi connectivity index (χ1) is 12.2. The number of pyridine rings is 1. The van der Waals surface area contributed by atoms with Crippen molar-refractivity contribution >= 4 is 22.5 Å². The van der Waals surface area contributed by atoms with E-state index in [1.165, 1.54) is 5.56 Å². The van der Waals surface area contributed by atoms with Crippen molar-refractivity contribution < 1.29 is 4.79 Å². The van der Waals surface area contributed by atoms with Crippen molar-refractivity contribution in [1.29, 1.82) is 0 Å². The third-order valence-electron chi connectivity index (χ3n) is 5.47. The second-order valence-corrected chi connectivity index (χ2v) is 6.86. The minimum absolute atomic E-state index is 0.229. The molecule has 1 amide bonds. The van der Waals surface area contributed by atoms with Crippen LogP contribution in [-0.4, -0.2) is 17.4 Å². The number of fused-ring (bicyclic) bond motifs is 1. The fourth-order valence-electron chi connectivity index (χ4n) is 3.79. The summed E-state index contributed by atoms with van der Waals surface area (Å²) in [5.41, 5.74) is 2.92. The van der Waals surface area contributed by atoms with Crippen LogP contribution in [0, 0.1) is 5.41 Å². The van der Waals surface area contributed by atoms with Gasteiger partial charge in [0.15, 0.2) is 0 Å². The molecule has 1 aliphatic rings. The van der Waals surface area contributed by atoms with Crippen LogP contribution < -0.4 is 4.90 Å². The van der Waals surface area contributed by atoms with Gasteiger partial charge >= 0.3 is 0 Å². The van der Waals surface area contributed by atoms with Crippen LogP contribution in [0.5, 0.6) is 0 Å². The molecule has 126 valence electrons. The molecule has 1 atom stereocenters. The zero-order valence-electron chi connectivity index (χ0n) is 14.5. The van der Waals surface area contributed by atoms with E-state index >= 15 is 0 Å². The Hall–Kier alpha value is -2.68. The van der Waals surface area contributed by atoms with Crippen LogP contribution in [0.25, 0.3) is 10.9 Å². The van der Waals surface area contributed by atoms with Crippen molar-refractivity contribution in [2.24, 2.45) is 5.41 Å². The second kappa shape index (κ2) is 6.32. The number of amides is 1. The molecule has 1 saturated heterocycles. The smallest absolute Gasteiger partial charge is 0.235 e. The molecule has 0 radical (unpaired) electrons. The number of hydrogen-bond donors (Lipinski definition) is 0. The van der Waals surface area contributed by atoms with E-state index in [-0.39, 0.29) is 11.3 Å². The highest BCUT2D eigenvalue weighted by Gasteiger charge is 2.51. The average molecular weight is 330 g/mol. The molecule has 3 heteroatoms. The van der Waals surface area contributed by atoms with Gasteiger partial charge in [0.1, 0.15) is 0 Å². The molecule has 3 aromatic rings. The molecule has 4 rings (SSSR count). The minimum atomic E-state index is -0.229. The van der Waals surface area contributed by atoms with Crippen molar-refractivity contribution in [3.8, 4) is 0 Å². The lowest BCUT2D eigenvalue weighted by Gasteiger charge is -2.49. The lowest BCUT2D eigenvalue weighted by atomic mass is 9.72. The van der Waals surface area contributed by atoms with Crippen LogP contribution in [0.3, 0.4) is 0 Å². The number of para-hydroxylation sites is 1. The van der Waals surface area contributed by atoms with Crippen LogP contribution in [0.4, 0.5) is 5.69 Å². The lowest BCUT2D eigenvalue weighted by molar-refractivity contribution is -0.135. The highest BCUT2D eigenvalue weighted by molar-refractivity contribution is 6.09. The van der Waals surface area contributed by atoms with Gasteiger partial charge in [-0.05, 0) is 37.0 Å². The summed E-state index contributed by atoms with van der Waals surface area (Å²) in [4.78, 5) is 19.5. The molecular formula is C22H22N2O. The Labute approximate surface area is 148 Å². The van der Waals surface area contributed by atoms with E-state index in [0.717, 1.165) is 42.4 Å². The first-order valence-corrected chi connectivity index (χ1v) is 8.93. The molecular weight excluding hydrogens is 308 g/mol.